The van der Waals surface area contributed by atoms with Gasteiger partial charge in [-0.2, -0.15) is 13.2 Å². The average molecular weight is 307 g/mol. The molecule has 116 valence electrons. The minimum Gasteiger partial charge on any atom is -0.395 e. The Morgan fingerprint density at radius 3 is 2.48 bits per heavy atom. The molecule has 0 aliphatic carbocycles. The molecule has 1 aromatic carbocycles. The minimum absolute atomic E-state index is 0.166. The van der Waals surface area contributed by atoms with Gasteiger partial charge >= 0.3 is 6.18 Å². The second-order valence-corrected chi connectivity index (χ2v) is 4.09. The van der Waals surface area contributed by atoms with Crippen molar-refractivity contribution in [1.29, 1.82) is 0 Å². The molecule has 0 aliphatic heterocycles. The summed E-state index contributed by atoms with van der Waals surface area (Å²) >= 11 is 0. The summed E-state index contributed by atoms with van der Waals surface area (Å²) in [5.41, 5.74) is 3.80. The van der Waals surface area contributed by atoms with E-state index in [0.717, 1.165) is 18.2 Å². The van der Waals surface area contributed by atoms with Crippen molar-refractivity contribution in [2.45, 2.75) is 6.18 Å². The van der Waals surface area contributed by atoms with E-state index in [-0.39, 0.29) is 5.56 Å². The molecule has 0 aromatic heterocycles. The third kappa shape index (κ3) is 4.60. The number of aliphatic hydroxyl groups excluding tert-OH is 1. The number of nitrogens with zero attached hydrogens (tertiary/aromatic N) is 2. The van der Waals surface area contributed by atoms with Crippen LogP contribution in [0.4, 0.5) is 24.5 Å². The summed E-state index contributed by atoms with van der Waals surface area (Å²) in [5, 5.41) is 19.7. The fraction of sp³-hybridized carbons (Fsp3) is 0.364. The number of primary amides is 1. The van der Waals surface area contributed by atoms with Crippen molar-refractivity contribution < 1.29 is 28.0 Å². The van der Waals surface area contributed by atoms with Crippen molar-refractivity contribution >= 4 is 17.3 Å². The number of halogens is 3. The molecule has 3 N–H and O–H groups in total. The molecule has 1 amide bonds. The number of hydrogen-bond donors (Lipinski definition) is 2. The summed E-state index contributed by atoms with van der Waals surface area (Å²) < 4.78 is 37.6. The van der Waals surface area contributed by atoms with Crippen LogP contribution in [-0.4, -0.2) is 41.8 Å². The minimum atomic E-state index is -4.63. The maximum absolute atomic E-state index is 12.5. The Bertz CT molecular complexity index is 548. The highest BCUT2D eigenvalue weighted by atomic mass is 19.4. The van der Waals surface area contributed by atoms with Crippen molar-refractivity contribution in [3.63, 3.8) is 0 Å². The predicted molar refractivity (Wildman–Crippen MR) is 67.0 cm³/mol. The number of anilines is 1. The molecular formula is C11H12F3N3O4. The van der Waals surface area contributed by atoms with Crippen molar-refractivity contribution in [2.75, 3.05) is 24.6 Å². The van der Waals surface area contributed by atoms with Gasteiger partial charge in [0, 0.05) is 18.2 Å². The molecule has 0 bridgehead atoms. The van der Waals surface area contributed by atoms with Crippen LogP contribution in [-0.2, 0) is 0 Å². The molecule has 0 saturated heterocycles. The lowest BCUT2D eigenvalue weighted by Crippen LogP contribution is -2.36. The first-order valence-corrected chi connectivity index (χ1v) is 5.66. The third-order valence-corrected chi connectivity index (χ3v) is 2.54. The van der Waals surface area contributed by atoms with Crippen LogP contribution in [0.3, 0.4) is 0 Å². The van der Waals surface area contributed by atoms with Gasteiger partial charge in [-0.05, 0) is 12.1 Å². The number of carbonyl (C=O) groups excluding carboxylic acids is 1. The molecule has 0 fully saturated rings. The molecule has 0 spiro atoms. The van der Waals surface area contributed by atoms with Crippen LogP contribution in [0.15, 0.2) is 18.2 Å². The van der Waals surface area contributed by atoms with Crippen LogP contribution in [0.25, 0.3) is 0 Å². The summed E-state index contributed by atoms with van der Waals surface area (Å²) in [6, 6.07) is 2.85. The van der Waals surface area contributed by atoms with E-state index in [1.165, 1.54) is 0 Å². The van der Waals surface area contributed by atoms with E-state index >= 15 is 0 Å². The first-order valence-electron chi connectivity index (χ1n) is 5.66. The summed E-state index contributed by atoms with van der Waals surface area (Å²) in [7, 11) is 0. The Labute approximate surface area is 116 Å². The number of rotatable bonds is 6. The van der Waals surface area contributed by atoms with Crippen LogP contribution in [0, 0.1) is 10.1 Å². The summed E-state index contributed by atoms with van der Waals surface area (Å²) in [6.45, 7) is -2.63. The van der Waals surface area contributed by atoms with Crippen molar-refractivity contribution in [2.24, 2.45) is 5.73 Å². The van der Waals surface area contributed by atoms with Crippen LogP contribution in [0.2, 0.25) is 0 Å². The number of alkyl halides is 3. The number of carbonyl (C=O) groups is 1. The van der Waals surface area contributed by atoms with Crippen molar-refractivity contribution in [3.8, 4) is 0 Å². The van der Waals surface area contributed by atoms with Gasteiger partial charge in [-0.3, -0.25) is 14.9 Å². The van der Waals surface area contributed by atoms with E-state index in [1.54, 1.807) is 0 Å². The van der Waals surface area contributed by atoms with Gasteiger partial charge in [0.15, 0.2) is 0 Å². The molecule has 1 rings (SSSR count). The Morgan fingerprint density at radius 1 is 1.43 bits per heavy atom. The van der Waals surface area contributed by atoms with Gasteiger partial charge in [-0.25, -0.2) is 0 Å². The van der Waals surface area contributed by atoms with Gasteiger partial charge in [0.2, 0.25) is 5.91 Å². The largest absolute Gasteiger partial charge is 0.405 e. The van der Waals surface area contributed by atoms with E-state index in [4.69, 9.17) is 10.8 Å². The van der Waals surface area contributed by atoms with E-state index in [9.17, 15) is 28.1 Å². The number of hydrogen-bond acceptors (Lipinski definition) is 5. The number of nitro benzene ring substituents is 1. The maximum atomic E-state index is 12.5. The molecule has 0 saturated carbocycles. The Morgan fingerprint density at radius 2 is 2.05 bits per heavy atom. The lowest BCUT2D eigenvalue weighted by molar-refractivity contribution is -0.384. The molecule has 0 aliphatic rings. The molecule has 0 atom stereocenters. The van der Waals surface area contributed by atoms with Gasteiger partial charge in [-0.15, -0.1) is 0 Å². The Kier molecular flexibility index (Phi) is 5.08. The second-order valence-electron chi connectivity index (χ2n) is 4.09. The number of aliphatic hydroxyl groups is 1. The quantitative estimate of drug-likeness (QED) is 0.603. The fourth-order valence-electron chi connectivity index (χ4n) is 1.71. The smallest absolute Gasteiger partial charge is 0.395 e. The Hall–Kier alpha value is -2.36. The van der Waals surface area contributed by atoms with E-state index in [2.05, 4.69) is 0 Å². The lowest BCUT2D eigenvalue weighted by Gasteiger charge is -2.25. The van der Waals surface area contributed by atoms with Crippen LogP contribution < -0.4 is 10.6 Å². The molecular weight excluding hydrogens is 295 g/mol. The fourth-order valence-corrected chi connectivity index (χ4v) is 1.71. The lowest BCUT2D eigenvalue weighted by atomic mass is 10.1. The van der Waals surface area contributed by atoms with E-state index in [0.29, 0.717) is 4.90 Å². The van der Waals surface area contributed by atoms with E-state index < -0.39 is 48.1 Å². The topological polar surface area (TPSA) is 110 Å². The third-order valence-electron chi connectivity index (χ3n) is 2.54. The number of nitro groups is 1. The predicted octanol–water partition coefficient (Wildman–Crippen LogP) is 1.05. The number of benzene rings is 1. The van der Waals surface area contributed by atoms with Crippen LogP contribution >= 0.6 is 0 Å². The Balaban J connectivity index is 3.34. The first-order chi connectivity index (χ1) is 9.65. The first kappa shape index (κ1) is 16.7. The molecule has 1 aromatic rings. The zero-order chi connectivity index (χ0) is 16.2. The average Bonchev–Trinajstić information content (AvgIpc) is 2.35. The van der Waals surface area contributed by atoms with Gasteiger partial charge in [0.1, 0.15) is 12.2 Å². The summed E-state index contributed by atoms with van der Waals surface area (Å²) in [4.78, 5) is 21.7. The van der Waals surface area contributed by atoms with Crippen molar-refractivity contribution in [1.82, 2.24) is 0 Å². The molecule has 7 nitrogen and oxygen atoms in total. The van der Waals surface area contributed by atoms with Gasteiger partial charge in [0.05, 0.1) is 11.5 Å². The number of nitrogens with two attached hydrogens (primary N) is 1. The van der Waals surface area contributed by atoms with E-state index in [1.807, 2.05) is 0 Å². The van der Waals surface area contributed by atoms with Gasteiger partial charge in [0.25, 0.3) is 5.69 Å². The molecule has 0 radical (unpaired) electrons. The van der Waals surface area contributed by atoms with Crippen LogP contribution in [0.1, 0.15) is 10.4 Å². The molecule has 21 heavy (non-hydrogen) atoms. The highest BCUT2D eigenvalue weighted by Crippen LogP contribution is 2.31. The maximum Gasteiger partial charge on any atom is 0.405 e. The SMILES string of the molecule is NC(=O)c1ccc([N+](=O)[O-])c(N(CCO)CC(F)(F)F)c1. The van der Waals surface area contributed by atoms with Crippen molar-refractivity contribution in [3.05, 3.63) is 33.9 Å². The monoisotopic (exact) mass is 307 g/mol. The summed E-state index contributed by atoms with van der Waals surface area (Å²) in [5.74, 6) is -0.929. The number of amides is 1. The normalized spacial score (nSPS) is 11.2. The molecule has 10 heteroatoms. The zero-order valence-corrected chi connectivity index (χ0v) is 10.6. The zero-order valence-electron chi connectivity index (χ0n) is 10.6. The second kappa shape index (κ2) is 6.39. The van der Waals surface area contributed by atoms with Crippen LogP contribution in [0.5, 0.6) is 0 Å². The van der Waals surface area contributed by atoms with Gasteiger partial charge < -0.3 is 15.7 Å². The molecule has 0 heterocycles. The highest BCUT2D eigenvalue weighted by Gasteiger charge is 2.33. The highest BCUT2D eigenvalue weighted by molar-refractivity contribution is 5.94. The molecule has 0 unspecified atom stereocenters. The van der Waals surface area contributed by atoms with Gasteiger partial charge in [-0.1, -0.05) is 0 Å². The standard InChI is InChI=1S/C11H12F3N3O4/c12-11(13,14)6-16(3-4-18)9-5-7(10(15)19)1-2-8(9)17(20)21/h1-2,5,18H,3-4,6H2,(H2,15,19). The summed E-state index contributed by atoms with van der Waals surface area (Å²) in [6.07, 6.45) is -4.63.